The smallest absolute Gasteiger partial charge is 0.269 e. The number of nitro benzene ring substituents is 1. The predicted octanol–water partition coefficient (Wildman–Crippen LogP) is 3.96. The highest BCUT2D eigenvalue weighted by molar-refractivity contribution is 5.76. The summed E-state index contributed by atoms with van der Waals surface area (Å²) in [4.78, 5) is 24.6. The van der Waals surface area contributed by atoms with E-state index >= 15 is 0 Å². The summed E-state index contributed by atoms with van der Waals surface area (Å²) in [6.45, 7) is 0.752. The van der Waals surface area contributed by atoms with Crippen LogP contribution in [0.1, 0.15) is 82.3 Å². The van der Waals surface area contributed by atoms with Crippen molar-refractivity contribution in [3.05, 3.63) is 39.9 Å². The number of carbonyl (C=O) groups excluding carboxylic acids is 1. The van der Waals surface area contributed by atoms with Gasteiger partial charge in [0, 0.05) is 18.6 Å². The van der Waals surface area contributed by atoms with Crippen LogP contribution in [0.5, 0.6) is 0 Å². The molecule has 32 heavy (non-hydrogen) atoms. The van der Waals surface area contributed by atoms with Crippen molar-refractivity contribution in [1.82, 2.24) is 10.2 Å². The number of aliphatic hydroxyl groups is 2. The number of nitro groups is 1. The Morgan fingerprint density at radius 3 is 1.94 bits per heavy atom. The van der Waals surface area contributed by atoms with Crippen molar-refractivity contribution in [1.29, 1.82) is 0 Å². The third-order valence-corrected chi connectivity index (χ3v) is 5.63. The molecule has 1 aromatic rings. The summed E-state index contributed by atoms with van der Waals surface area (Å²) in [5.74, 6) is -0.206. The van der Waals surface area contributed by atoms with Gasteiger partial charge in [0.2, 0.25) is 5.91 Å². The van der Waals surface area contributed by atoms with Crippen molar-refractivity contribution in [2.24, 2.45) is 0 Å². The van der Waals surface area contributed by atoms with Crippen molar-refractivity contribution in [3.8, 4) is 0 Å². The SMILES string of the molecule is CN(C)CCCCCCCCCCCCC(=O)N[C@H](CO)[C@H](O)c1ccc([N+](=O)[O-])cc1. The van der Waals surface area contributed by atoms with Crippen molar-refractivity contribution in [3.63, 3.8) is 0 Å². The number of nitrogens with one attached hydrogen (secondary N) is 1. The van der Waals surface area contributed by atoms with Crippen LogP contribution in [0.4, 0.5) is 5.69 Å². The van der Waals surface area contributed by atoms with Gasteiger partial charge in [-0.15, -0.1) is 0 Å². The van der Waals surface area contributed by atoms with Gasteiger partial charge in [-0.25, -0.2) is 0 Å². The molecule has 0 saturated carbocycles. The van der Waals surface area contributed by atoms with Gasteiger partial charge in [-0.05, 0) is 51.2 Å². The Hall–Kier alpha value is -2.03. The molecular weight excluding hydrogens is 410 g/mol. The molecular formula is C24H41N3O5. The minimum atomic E-state index is -1.13. The van der Waals surface area contributed by atoms with Gasteiger partial charge in [0.15, 0.2) is 0 Å². The van der Waals surface area contributed by atoms with Crippen molar-refractivity contribution < 1.29 is 19.9 Å². The lowest BCUT2D eigenvalue weighted by molar-refractivity contribution is -0.384. The van der Waals surface area contributed by atoms with Gasteiger partial charge in [0.1, 0.15) is 6.10 Å². The zero-order valence-electron chi connectivity index (χ0n) is 19.7. The monoisotopic (exact) mass is 451 g/mol. The van der Waals surface area contributed by atoms with E-state index in [0.717, 1.165) is 19.3 Å². The second-order valence-corrected chi connectivity index (χ2v) is 8.74. The number of hydrogen-bond donors (Lipinski definition) is 3. The first-order valence-corrected chi connectivity index (χ1v) is 11.8. The van der Waals surface area contributed by atoms with Crippen LogP contribution in [0.3, 0.4) is 0 Å². The highest BCUT2D eigenvalue weighted by Crippen LogP contribution is 2.20. The number of unbranched alkanes of at least 4 members (excludes halogenated alkanes) is 9. The highest BCUT2D eigenvalue weighted by Gasteiger charge is 2.22. The fourth-order valence-corrected chi connectivity index (χ4v) is 3.66. The Labute approximate surface area is 192 Å². The molecule has 0 spiro atoms. The van der Waals surface area contributed by atoms with Gasteiger partial charge in [0.25, 0.3) is 5.69 Å². The minimum Gasteiger partial charge on any atom is -0.394 e. The number of carbonyl (C=O) groups is 1. The molecule has 0 heterocycles. The molecule has 0 unspecified atom stereocenters. The van der Waals surface area contributed by atoms with E-state index < -0.39 is 23.7 Å². The standard InChI is InChI=1S/C24H41N3O5/c1-26(2)18-12-10-8-6-4-3-5-7-9-11-13-23(29)25-22(19-28)24(30)20-14-16-21(17-15-20)27(31)32/h14-17,22,24,28,30H,3-13,18-19H2,1-2H3,(H,25,29)/t22-,24-/m1/s1. The molecule has 0 aromatic heterocycles. The molecule has 0 aliphatic carbocycles. The first-order valence-electron chi connectivity index (χ1n) is 11.8. The van der Waals surface area contributed by atoms with Gasteiger partial charge in [0.05, 0.1) is 17.6 Å². The van der Waals surface area contributed by atoms with Crippen LogP contribution in [-0.4, -0.2) is 59.2 Å². The molecule has 1 aromatic carbocycles. The maximum Gasteiger partial charge on any atom is 0.269 e. The first kappa shape index (κ1) is 28.0. The van der Waals surface area contributed by atoms with E-state index in [9.17, 15) is 25.1 Å². The molecule has 0 fully saturated rings. The van der Waals surface area contributed by atoms with E-state index in [4.69, 9.17) is 0 Å². The van der Waals surface area contributed by atoms with Gasteiger partial charge < -0.3 is 20.4 Å². The quantitative estimate of drug-likeness (QED) is 0.177. The number of non-ortho nitro benzene ring substituents is 1. The maximum atomic E-state index is 12.2. The maximum absolute atomic E-state index is 12.2. The fourth-order valence-electron chi connectivity index (χ4n) is 3.66. The van der Waals surface area contributed by atoms with Crippen LogP contribution in [-0.2, 0) is 4.79 Å². The lowest BCUT2D eigenvalue weighted by Crippen LogP contribution is -2.41. The summed E-state index contributed by atoms with van der Waals surface area (Å²) in [5, 5.41) is 33.3. The number of amides is 1. The second-order valence-electron chi connectivity index (χ2n) is 8.74. The van der Waals surface area contributed by atoms with E-state index in [2.05, 4.69) is 24.3 Å². The third-order valence-electron chi connectivity index (χ3n) is 5.63. The van der Waals surface area contributed by atoms with Gasteiger partial charge in [-0.1, -0.05) is 51.4 Å². The molecule has 0 aliphatic heterocycles. The topological polar surface area (TPSA) is 116 Å². The third kappa shape index (κ3) is 12.1. The van der Waals surface area contributed by atoms with Gasteiger partial charge in [-0.3, -0.25) is 14.9 Å². The Bertz CT molecular complexity index is 652. The summed E-state index contributed by atoms with van der Waals surface area (Å²) in [7, 11) is 4.22. The number of benzene rings is 1. The van der Waals surface area contributed by atoms with Crippen LogP contribution in [0.2, 0.25) is 0 Å². The number of aliphatic hydroxyl groups excluding tert-OH is 2. The lowest BCUT2D eigenvalue weighted by Gasteiger charge is -2.22. The van der Waals surface area contributed by atoms with Gasteiger partial charge in [-0.2, -0.15) is 0 Å². The van der Waals surface area contributed by atoms with Crippen LogP contribution in [0, 0.1) is 10.1 Å². The number of rotatable bonds is 18. The largest absolute Gasteiger partial charge is 0.394 e. The second kappa shape index (κ2) is 16.6. The van der Waals surface area contributed by atoms with Crippen LogP contribution >= 0.6 is 0 Å². The van der Waals surface area contributed by atoms with E-state index in [1.54, 1.807) is 0 Å². The molecule has 2 atom stereocenters. The van der Waals surface area contributed by atoms with Crippen molar-refractivity contribution in [2.75, 3.05) is 27.2 Å². The molecule has 1 amide bonds. The molecule has 0 bridgehead atoms. The minimum absolute atomic E-state index is 0.0782. The van der Waals surface area contributed by atoms with E-state index in [1.807, 2.05) is 0 Å². The zero-order valence-corrected chi connectivity index (χ0v) is 19.7. The van der Waals surface area contributed by atoms with E-state index in [0.29, 0.717) is 12.0 Å². The average molecular weight is 452 g/mol. The Morgan fingerprint density at radius 1 is 0.969 bits per heavy atom. The normalized spacial score (nSPS) is 13.2. The predicted molar refractivity (Wildman–Crippen MR) is 126 cm³/mol. The molecule has 182 valence electrons. The molecule has 0 aliphatic rings. The summed E-state index contributed by atoms with van der Waals surface area (Å²) in [5.41, 5.74) is 0.332. The van der Waals surface area contributed by atoms with Crippen molar-refractivity contribution >= 4 is 11.6 Å². The summed E-state index contributed by atoms with van der Waals surface area (Å²) >= 11 is 0. The molecule has 3 N–H and O–H groups in total. The number of nitrogens with zero attached hydrogens (tertiary/aromatic N) is 2. The van der Waals surface area contributed by atoms with E-state index in [-0.39, 0.29) is 11.6 Å². The number of hydrogen-bond acceptors (Lipinski definition) is 6. The Morgan fingerprint density at radius 2 is 1.47 bits per heavy atom. The fraction of sp³-hybridized carbons (Fsp3) is 0.708. The summed E-state index contributed by atoms with van der Waals surface area (Å²) in [6, 6.07) is 4.60. The lowest BCUT2D eigenvalue weighted by atomic mass is 10.0. The summed E-state index contributed by atoms with van der Waals surface area (Å²) in [6.07, 6.45) is 11.0. The molecule has 8 nitrogen and oxygen atoms in total. The zero-order chi connectivity index (χ0) is 23.8. The van der Waals surface area contributed by atoms with Gasteiger partial charge >= 0.3 is 0 Å². The average Bonchev–Trinajstić information content (AvgIpc) is 2.77. The van der Waals surface area contributed by atoms with E-state index in [1.165, 1.54) is 75.8 Å². The summed E-state index contributed by atoms with van der Waals surface area (Å²) < 4.78 is 0. The van der Waals surface area contributed by atoms with Crippen LogP contribution in [0.25, 0.3) is 0 Å². The molecule has 0 radical (unpaired) electrons. The Balaban J connectivity index is 2.14. The first-order chi connectivity index (χ1) is 15.3. The molecule has 8 heteroatoms. The highest BCUT2D eigenvalue weighted by atomic mass is 16.6. The van der Waals surface area contributed by atoms with Crippen LogP contribution < -0.4 is 5.32 Å². The van der Waals surface area contributed by atoms with Crippen molar-refractivity contribution in [2.45, 2.75) is 82.8 Å². The van der Waals surface area contributed by atoms with Crippen LogP contribution in [0.15, 0.2) is 24.3 Å². The molecule has 0 saturated heterocycles. The Kier molecular flexibility index (Phi) is 14.5. The molecule has 1 rings (SSSR count).